The highest BCUT2D eigenvalue weighted by atomic mass is 16.3. The zero-order valence-corrected chi connectivity index (χ0v) is 10.3. The van der Waals surface area contributed by atoms with Gasteiger partial charge in [0.1, 0.15) is 0 Å². The molecule has 0 aliphatic heterocycles. The van der Waals surface area contributed by atoms with E-state index in [1.54, 1.807) is 0 Å². The van der Waals surface area contributed by atoms with Crippen LogP contribution in [-0.4, -0.2) is 34.7 Å². The van der Waals surface area contributed by atoms with E-state index >= 15 is 0 Å². The molecule has 16 heavy (non-hydrogen) atoms. The quantitative estimate of drug-likeness (QED) is 0.766. The van der Waals surface area contributed by atoms with Crippen molar-refractivity contribution in [3.63, 3.8) is 0 Å². The smallest absolute Gasteiger partial charge is 0.0443 e. The number of hydrogen-bond donors (Lipinski definition) is 1. The summed E-state index contributed by atoms with van der Waals surface area (Å²) in [4.78, 5) is 6.66. The number of pyridine rings is 1. The number of aromatic nitrogens is 1. The highest BCUT2D eigenvalue weighted by molar-refractivity contribution is 5.12. The first-order valence-corrected chi connectivity index (χ1v) is 6.01. The molecule has 0 radical (unpaired) electrons. The van der Waals surface area contributed by atoms with Crippen molar-refractivity contribution in [3.05, 3.63) is 29.6 Å². The fourth-order valence-electron chi connectivity index (χ4n) is 1.73. The Morgan fingerprint density at radius 3 is 2.69 bits per heavy atom. The van der Waals surface area contributed by atoms with Crippen LogP contribution < -0.4 is 0 Å². The van der Waals surface area contributed by atoms with Gasteiger partial charge in [-0.3, -0.25) is 9.88 Å². The molecule has 1 aromatic rings. The molecule has 0 unspecified atom stereocenters. The maximum Gasteiger partial charge on any atom is 0.0443 e. The van der Waals surface area contributed by atoms with Gasteiger partial charge in [0.15, 0.2) is 0 Å². The molecule has 0 saturated heterocycles. The molecular formula is C13H22N2O. The largest absolute Gasteiger partial charge is 0.396 e. The fourth-order valence-corrected chi connectivity index (χ4v) is 1.73. The minimum atomic E-state index is 0.270. The molecule has 0 aromatic carbocycles. The van der Waals surface area contributed by atoms with Crippen LogP contribution >= 0.6 is 0 Å². The second kappa shape index (κ2) is 7.36. The third-order valence-electron chi connectivity index (χ3n) is 2.55. The molecule has 3 nitrogen and oxygen atoms in total. The summed E-state index contributed by atoms with van der Waals surface area (Å²) in [6, 6.07) is 4.18. The van der Waals surface area contributed by atoms with Gasteiger partial charge in [0.25, 0.3) is 0 Å². The van der Waals surface area contributed by atoms with Gasteiger partial charge in [-0.05, 0) is 37.9 Å². The maximum atomic E-state index is 8.85. The van der Waals surface area contributed by atoms with Crippen LogP contribution in [0.2, 0.25) is 0 Å². The van der Waals surface area contributed by atoms with Gasteiger partial charge < -0.3 is 5.11 Å². The molecule has 0 atom stereocenters. The van der Waals surface area contributed by atoms with Gasteiger partial charge >= 0.3 is 0 Å². The Bertz CT molecular complexity index is 284. The van der Waals surface area contributed by atoms with Gasteiger partial charge in [0, 0.05) is 31.6 Å². The van der Waals surface area contributed by atoms with Gasteiger partial charge in [-0.1, -0.05) is 13.0 Å². The monoisotopic (exact) mass is 222 g/mol. The van der Waals surface area contributed by atoms with Crippen molar-refractivity contribution < 1.29 is 5.11 Å². The molecule has 90 valence electrons. The highest BCUT2D eigenvalue weighted by Crippen LogP contribution is 2.05. The van der Waals surface area contributed by atoms with Crippen molar-refractivity contribution in [2.45, 2.75) is 33.2 Å². The number of aliphatic hydroxyl groups is 1. The molecule has 3 heteroatoms. The van der Waals surface area contributed by atoms with Crippen LogP contribution in [0.25, 0.3) is 0 Å². The van der Waals surface area contributed by atoms with E-state index in [2.05, 4.69) is 22.9 Å². The third kappa shape index (κ3) is 4.73. The molecule has 0 bridgehead atoms. The van der Waals surface area contributed by atoms with Crippen LogP contribution in [0.15, 0.2) is 18.3 Å². The van der Waals surface area contributed by atoms with Gasteiger partial charge in [0.05, 0.1) is 0 Å². The third-order valence-corrected chi connectivity index (χ3v) is 2.55. The van der Waals surface area contributed by atoms with E-state index < -0.39 is 0 Å². The summed E-state index contributed by atoms with van der Waals surface area (Å²) in [5.41, 5.74) is 2.30. The molecule has 0 amide bonds. The van der Waals surface area contributed by atoms with E-state index in [1.807, 2.05) is 19.2 Å². The molecule has 1 aromatic heterocycles. The summed E-state index contributed by atoms with van der Waals surface area (Å²) < 4.78 is 0. The van der Waals surface area contributed by atoms with Crippen LogP contribution in [-0.2, 0) is 6.54 Å². The average molecular weight is 222 g/mol. The Labute approximate surface area is 98.1 Å². The molecule has 0 spiro atoms. The molecule has 0 aliphatic rings. The highest BCUT2D eigenvalue weighted by Gasteiger charge is 2.04. The van der Waals surface area contributed by atoms with E-state index in [4.69, 9.17) is 5.11 Å². The summed E-state index contributed by atoms with van der Waals surface area (Å²) >= 11 is 0. The molecule has 1 N–H and O–H groups in total. The second-order valence-electron chi connectivity index (χ2n) is 4.16. The average Bonchev–Trinajstić information content (AvgIpc) is 2.29. The standard InChI is InChI=1S/C13H22N2O/c1-3-7-15(8-4-9-16)11-13-6-5-12(2)14-10-13/h5-6,10,16H,3-4,7-9,11H2,1-2H3. The first-order chi connectivity index (χ1) is 7.76. The van der Waals surface area contributed by atoms with Crippen molar-refractivity contribution in [2.24, 2.45) is 0 Å². The van der Waals surface area contributed by atoms with Crippen molar-refractivity contribution in [1.82, 2.24) is 9.88 Å². The Morgan fingerprint density at radius 2 is 2.12 bits per heavy atom. The Hall–Kier alpha value is -0.930. The van der Waals surface area contributed by atoms with Crippen molar-refractivity contribution in [3.8, 4) is 0 Å². The summed E-state index contributed by atoms with van der Waals surface area (Å²) in [5.74, 6) is 0. The van der Waals surface area contributed by atoms with Gasteiger partial charge in [-0.2, -0.15) is 0 Å². The normalized spacial score (nSPS) is 11.0. The van der Waals surface area contributed by atoms with Crippen LogP contribution in [0.4, 0.5) is 0 Å². The molecule has 0 saturated carbocycles. The lowest BCUT2D eigenvalue weighted by molar-refractivity contribution is 0.218. The molecular weight excluding hydrogens is 200 g/mol. The minimum absolute atomic E-state index is 0.270. The molecule has 0 aliphatic carbocycles. The zero-order chi connectivity index (χ0) is 11.8. The predicted molar refractivity (Wildman–Crippen MR) is 66.2 cm³/mol. The first kappa shape index (κ1) is 13.1. The van der Waals surface area contributed by atoms with Crippen LogP contribution in [0.3, 0.4) is 0 Å². The van der Waals surface area contributed by atoms with Crippen molar-refractivity contribution >= 4 is 0 Å². The number of rotatable bonds is 7. The van der Waals surface area contributed by atoms with E-state index in [-0.39, 0.29) is 6.61 Å². The first-order valence-electron chi connectivity index (χ1n) is 6.01. The van der Waals surface area contributed by atoms with E-state index in [0.717, 1.165) is 38.2 Å². The maximum absolute atomic E-state index is 8.85. The lowest BCUT2D eigenvalue weighted by Crippen LogP contribution is -2.26. The number of aliphatic hydroxyl groups excluding tert-OH is 1. The molecule has 1 heterocycles. The number of nitrogens with zero attached hydrogens (tertiary/aromatic N) is 2. The van der Waals surface area contributed by atoms with E-state index in [1.165, 1.54) is 5.56 Å². The number of aryl methyl sites for hydroxylation is 1. The SMILES string of the molecule is CCCN(CCCO)Cc1ccc(C)nc1. The molecule has 1 rings (SSSR count). The summed E-state index contributed by atoms with van der Waals surface area (Å²) in [5, 5.41) is 8.85. The Balaban J connectivity index is 2.49. The predicted octanol–water partition coefficient (Wildman–Crippen LogP) is 1.98. The van der Waals surface area contributed by atoms with Crippen LogP contribution in [0, 0.1) is 6.92 Å². The lowest BCUT2D eigenvalue weighted by atomic mass is 10.2. The van der Waals surface area contributed by atoms with Gasteiger partial charge in [-0.15, -0.1) is 0 Å². The summed E-state index contributed by atoms with van der Waals surface area (Å²) in [7, 11) is 0. The second-order valence-corrected chi connectivity index (χ2v) is 4.16. The zero-order valence-electron chi connectivity index (χ0n) is 10.3. The molecule has 0 fully saturated rings. The minimum Gasteiger partial charge on any atom is -0.396 e. The lowest BCUT2D eigenvalue weighted by Gasteiger charge is -2.21. The fraction of sp³-hybridized carbons (Fsp3) is 0.615. The topological polar surface area (TPSA) is 36.4 Å². The van der Waals surface area contributed by atoms with Crippen LogP contribution in [0.1, 0.15) is 31.0 Å². The Kier molecular flexibility index (Phi) is 6.04. The Morgan fingerprint density at radius 1 is 1.31 bits per heavy atom. The van der Waals surface area contributed by atoms with E-state index in [0.29, 0.717) is 0 Å². The number of hydrogen-bond acceptors (Lipinski definition) is 3. The summed E-state index contributed by atoms with van der Waals surface area (Å²) in [6.07, 6.45) is 3.93. The van der Waals surface area contributed by atoms with Gasteiger partial charge in [-0.25, -0.2) is 0 Å². The van der Waals surface area contributed by atoms with Crippen LogP contribution in [0.5, 0.6) is 0 Å². The van der Waals surface area contributed by atoms with Crippen molar-refractivity contribution in [2.75, 3.05) is 19.7 Å². The van der Waals surface area contributed by atoms with Gasteiger partial charge in [0.2, 0.25) is 0 Å². The van der Waals surface area contributed by atoms with Crippen molar-refractivity contribution in [1.29, 1.82) is 0 Å². The van der Waals surface area contributed by atoms with E-state index in [9.17, 15) is 0 Å². The summed E-state index contributed by atoms with van der Waals surface area (Å²) in [6.45, 7) is 7.41.